The van der Waals surface area contributed by atoms with Crippen molar-refractivity contribution < 1.29 is 4.42 Å². The van der Waals surface area contributed by atoms with Gasteiger partial charge in [0, 0.05) is 47.6 Å². The molecule has 4 nitrogen and oxygen atoms in total. The van der Waals surface area contributed by atoms with Crippen LogP contribution in [0, 0.1) is 0 Å². The first-order chi connectivity index (χ1) is 24.8. The van der Waals surface area contributed by atoms with E-state index in [1.54, 1.807) is 0 Å². The molecule has 7 aromatic carbocycles. The van der Waals surface area contributed by atoms with Gasteiger partial charge in [0.25, 0.3) is 0 Å². The molecule has 0 amide bonds. The number of hydrogen-bond donors (Lipinski definition) is 0. The van der Waals surface area contributed by atoms with Crippen LogP contribution >= 0.6 is 11.3 Å². The average Bonchev–Trinajstić information content (AvgIpc) is 3.77. The molecule has 0 spiro atoms. The molecule has 0 aliphatic rings. The summed E-state index contributed by atoms with van der Waals surface area (Å²) in [5.41, 5.74) is 9.11. The molecule has 10 rings (SSSR count). The topological polar surface area (TPSA) is 51.8 Å². The molecule has 0 atom stereocenters. The highest BCUT2D eigenvalue weighted by Gasteiger charge is 2.18. The fraction of sp³-hybridized carbons (Fsp3) is 0. The molecular weight excluding hydrogens is 631 g/mol. The van der Waals surface area contributed by atoms with Crippen LogP contribution in [-0.2, 0) is 0 Å². The van der Waals surface area contributed by atoms with Crippen LogP contribution in [0.2, 0.25) is 0 Å². The largest absolute Gasteiger partial charge is 0.456 e. The lowest BCUT2D eigenvalue weighted by Crippen LogP contribution is -2.00. The van der Waals surface area contributed by atoms with Crippen LogP contribution in [0.4, 0.5) is 0 Å². The van der Waals surface area contributed by atoms with Crippen LogP contribution < -0.4 is 0 Å². The molecule has 0 aliphatic heterocycles. The summed E-state index contributed by atoms with van der Waals surface area (Å²) in [5.74, 6) is 1.85. The van der Waals surface area contributed by atoms with Gasteiger partial charge in [-0.3, -0.25) is 0 Å². The van der Waals surface area contributed by atoms with Gasteiger partial charge in [0.05, 0.1) is 0 Å². The summed E-state index contributed by atoms with van der Waals surface area (Å²) in [6, 6.07) is 56.9. The molecular formula is C45H27N3OS. The Morgan fingerprint density at radius 3 is 1.86 bits per heavy atom. The number of para-hydroxylation sites is 1. The summed E-state index contributed by atoms with van der Waals surface area (Å²) in [5, 5.41) is 4.66. The normalized spacial score (nSPS) is 11.6. The minimum absolute atomic E-state index is 0.608. The highest BCUT2D eigenvalue weighted by atomic mass is 32.1. The van der Waals surface area contributed by atoms with E-state index in [0.29, 0.717) is 17.5 Å². The van der Waals surface area contributed by atoms with Crippen molar-refractivity contribution in [2.24, 2.45) is 0 Å². The Bertz CT molecular complexity index is 2870. The summed E-state index contributed by atoms with van der Waals surface area (Å²) in [7, 11) is 0. The first-order valence-electron chi connectivity index (χ1n) is 16.6. The molecule has 0 radical (unpaired) electrons. The lowest BCUT2D eigenvalue weighted by atomic mass is 9.98. The summed E-state index contributed by atoms with van der Waals surface area (Å²) in [4.78, 5) is 15.2. The molecule has 50 heavy (non-hydrogen) atoms. The van der Waals surface area contributed by atoms with Crippen LogP contribution in [0.1, 0.15) is 0 Å². The molecule has 0 saturated carbocycles. The minimum Gasteiger partial charge on any atom is -0.456 e. The molecule has 0 fully saturated rings. The van der Waals surface area contributed by atoms with Gasteiger partial charge in [0.15, 0.2) is 17.5 Å². The molecule has 10 aromatic rings. The molecule has 5 heteroatoms. The van der Waals surface area contributed by atoms with Crippen molar-refractivity contribution in [3.8, 4) is 56.4 Å². The third-order valence-corrected chi connectivity index (χ3v) is 10.6. The first kappa shape index (κ1) is 28.6. The van der Waals surface area contributed by atoms with E-state index >= 15 is 0 Å². The van der Waals surface area contributed by atoms with Gasteiger partial charge >= 0.3 is 0 Å². The van der Waals surface area contributed by atoms with Gasteiger partial charge in [-0.05, 0) is 46.5 Å². The van der Waals surface area contributed by atoms with E-state index in [4.69, 9.17) is 19.4 Å². The SMILES string of the molecule is c1ccc(-c2nc(-c3cccc(-c4ccc(-c5cccc6c5sc5ccccc56)cc4)c3)nc(-c3cccc4oc5ccccc5c34)n2)cc1. The highest BCUT2D eigenvalue weighted by molar-refractivity contribution is 7.26. The number of benzene rings is 7. The minimum atomic E-state index is 0.608. The Balaban J connectivity index is 1.07. The number of nitrogens with zero attached hydrogens (tertiary/aromatic N) is 3. The maximum absolute atomic E-state index is 6.21. The van der Waals surface area contributed by atoms with Crippen molar-refractivity contribution in [1.29, 1.82) is 0 Å². The average molecular weight is 658 g/mol. The molecule has 0 unspecified atom stereocenters. The van der Waals surface area contributed by atoms with Crippen molar-refractivity contribution in [2.45, 2.75) is 0 Å². The van der Waals surface area contributed by atoms with Crippen LogP contribution in [0.5, 0.6) is 0 Å². The Morgan fingerprint density at radius 1 is 0.380 bits per heavy atom. The van der Waals surface area contributed by atoms with Gasteiger partial charge in [0.1, 0.15) is 11.2 Å². The molecule has 3 aromatic heterocycles. The molecule has 0 N–H and O–H groups in total. The molecule has 234 valence electrons. The predicted octanol–water partition coefficient (Wildman–Crippen LogP) is 12.5. The standard InChI is InChI=1S/C45H27N3OS/c1-2-11-30(12-3-1)43-46-44(48-45(47-43)37-19-10-21-39-41(37)36-16-4-6-20-38(36)49-39)32-14-8-13-31(27-32)28-23-25-29(26-24-28)33-17-9-18-35-34-15-5-7-22-40(34)50-42(33)35/h1-27H. The number of thiophene rings is 1. The number of furan rings is 1. The van der Waals surface area contributed by atoms with E-state index in [-0.39, 0.29) is 0 Å². The van der Waals surface area contributed by atoms with Crippen LogP contribution in [0.15, 0.2) is 168 Å². The van der Waals surface area contributed by atoms with E-state index in [1.807, 2.05) is 72.0 Å². The molecule has 0 saturated heterocycles. The third kappa shape index (κ3) is 4.79. The lowest BCUT2D eigenvalue weighted by Gasteiger charge is -2.11. The van der Waals surface area contributed by atoms with Crippen LogP contribution in [-0.4, -0.2) is 15.0 Å². The lowest BCUT2D eigenvalue weighted by molar-refractivity contribution is 0.669. The number of aromatic nitrogens is 3. The molecule has 0 bridgehead atoms. The second-order valence-electron chi connectivity index (χ2n) is 12.4. The van der Waals surface area contributed by atoms with E-state index < -0.39 is 0 Å². The zero-order chi connectivity index (χ0) is 33.0. The number of fused-ring (bicyclic) bond motifs is 6. The zero-order valence-corrected chi connectivity index (χ0v) is 27.6. The van der Waals surface area contributed by atoms with E-state index in [2.05, 4.69) is 103 Å². The van der Waals surface area contributed by atoms with Crippen LogP contribution in [0.25, 0.3) is 98.5 Å². The summed E-state index contributed by atoms with van der Waals surface area (Å²) in [6.45, 7) is 0. The number of rotatable bonds is 5. The van der Waals surface area contributed by atoms with Gasteiger partial charge < -0.3 is 4.42 Å². The van der Waals surface area contributed by atoms with Gasteiger partial charge in [-0.2, -0.15) is 0 Å². The maximum atomic E-state index is 6.21. The number of hydrogen-bond acceptors (Lipinski definition) is 5. The predicted molar refractivity (Wildman–Crippen MR) is 207 cm³/mol. The van der Waals surface area contributed by atoms with Crippen LogP contribution in [0.3, 0.4) is 0 Å². The quantitative estimate of drug-likeness (QED) is 0.185. The Hall–Kier alpha value is -6.43. The fourth-order valence-corrected chi connectivity index (χ4v) is 8.20. The van der Waals surface area contributed by atoms with Gasteiger partial charge in [-0.1, -0.05) is 140 Å². The highest BCUT2D eigenvalue weighted by Crippen LogP contribution is 2.41. The van der Waals surface area contributed by atoms with Crippen molar-refractivity contribution in [3.63, 3.8) is 0 Å². The third-order valence-electron chi connectivity index (χ3n) is 9.37. The Kier molecular flexibility index (Phi) is 6.64. The first-order valence-corrected chi connectivity index (χ1v) is 17.4. The smallest absolute Gasteiger partial charge is 0.164 e. The van der Waals surface area contributed by atoms with Crippen molar-refractivity contribution in [2.75, 3.05) is 0 Å². The summed E-state index contributed by atoms with van der Waals surface area (Å²) in [6.07, 6.45) is 0. The second kappa shape index (κ2) is 11.6. The molecule has 3 heterocycles. The second-order valence-corrected chi connectivity index (χ2v) is 13.4. The van der Waals surface area contributed by atoms with Crippen molar-refractivity contribution in [3.05, 3.63) is 164 Å². The molecule has 0 aliphatic carbocycles. The van der Waals surface area contributed by atoms with Gasteiger partial charge in [-0.25, -0.2) is 15.0 Å². The van der Waals surface area contributed by atoms with E-state index in [1.165, 1.54) is 31.3 Å². The zero-order valence-electron chi connectivity index (χ0n) is 26.7. The van der Waals surface area contributed by atoms with Gasteiger partial charge in [0.2, 0.25) is 0 Å². The van der Waals surface area contributed by atoms with Crippen molar-refractivity contribution >= 4 is 53.4 Å². The fourth-order valence-electron chi connectivity index (χ4n) is 6.96. The van der Waals surface area contributed by atoms with Gasteiger partial charge in [-0.15, -0.1) is 11.3 Å². The Morgan fingerprint density at radius 2 is 0.980 bits per heavy atom. The monoisotopic (exact) mass is 657 g/mol. The summed E-state index contributed by atoms with van der Waals surface area (Å²) < 4.78 is 8.85. The van der Waals surface area contributed by atoms with E-state index in [0.717, 1.165) is 49.8 Å². The Labute approximate surface area is 292 Å². The van der Waals surface area contributed by atoms with Crippen molar-refractivity contribution in [1.82, 2.24) is 15.0 Å². The van der Waals surface area contributed by atoms with E-state index in [9.17, 15) is 0 Å². The summed E-state index contributed by atoms with van der Waals surface area (Å²) >= 11 is 1.86. The maximum Gasteiger partial charge on any atom is 0.164 e.